The van der Waals surface area contributed by atoms with E-state index in [1.807, 2.05) is 48.5 Å². The summed E-state index contributed by atoms with van der Waals surface area (Å²) in [6.45, 7) is 1.79. The Morgan fingerprint density at radius 1 is 0.967 bits per heavy atom. The van der Waals surface area contributed by atoms with Gasteiger partial charge in [-0.1, -0.05) is 48.5 Å². The second-order valence-electron chi connectivity index (χ2n) is 7.89. The monoisotopic (exact) mass is 400 g/mol. The van der Waals surface area contributed by atoms with Crippen molar-refractivity contribution in [1.29, 1.82) is 0 Å². The number of aliphatic hydroxyl groups is 1. The van der Waals surface area contributed by atoms with E-state index in [9.17, 15) is 9.90 Å². The summed E-state index contributed by atoms with van der Waals surface area (Å²) in [5.41, 5.74) is 6.56. The van der Waals surface area contributed by atoms with Gasteiger partial charge in [-0.05, 0) is 52.9 Å². The largest absolute Gasteiger partial charge is 0.448 e. The average Bonchev–Trinajstić information content (AvgIpc) is 3.34. The first-order chi connectivity index (χ1) is 14.7. The molecule has 0 saturated carbocycles. The van der Waals surface area contributed by atoms with Crippen molar-refractivity contribution in [3.8, 4) is 11.1 Å². The van der Waals surface area contributed by atoms with Crippen molar-refractivity contribution in [2.24, 2.45) is 0 Å². The molecular formula is C25H24N2O3. The number of carbonyl (C=O) groups excluding carboxylic acids is 1. The maximum Gasteiger partial charge on any atom is 0.411 e. The highest BCUT2D eigenvalue weighted by Crippen LogP contribution is 2.44. The van der Waals surface area contributed by atoms with E-state index in [1.165, 1.54) is 22.3 Å². The summed E-state index contributed by atoms with van der Waals surface area (Å²) in [5, 5.41) is 12.5. The zero-order valence-corrected chi connectivity index (χ0v) is 16.6. The number of hydrogen-bond donors (Lipinski definition) is 2. The molecule has 0 radical (unpaired) electrons. The van der Waals surface area contributed by atoms with Crippen LogP contribution < -0.4 is 10.2 Å². The van der Waals surface area contributed by atoms with Gasteiger partial charge in [0.2, 0.25) is 0 Å². The first kappa shape index (κ1) is 18.7. The molecule has 0 bridgehead atoms. The fourth-order valence-corrected chi connectivity index (χ4v) is 4.48. The molecule has 152 valence electrons. The third-order valence-electron chi connectivity index (χ3n) is 5.99. The fraction of sp³-hybridized carbons (Fsp3) is 0.240. The summed E-state index contributed by atoms with van der Waals surface area (Å²) in [4.78, 5) is 14.5. The summed E-state index contributed by atoms with van der Waals surface area (Å²) in [6.07, 6.45) is 0.0737. The average molecular weight is 400 g/mol. The minimum atomic E-state index is -0.457. The predicted octanol–water partition coefficient (Wildman–Crippen LogP) is 4.62. The number of benzene rings is 3. The third kappa shape index (κ3) is 3.53. The van der Waals surface area contributed by atoms with Crippen molar-refractivity contribution >= 4 is 17.5 Å². The summed E-state index contributed by atoms with van der Waals surface area (Å²) in [6, 6.07) is 24.2. The first-order valence-corrected chi connectivity index (χ1v) is 10.3. The molecule has 3 aromatic rings. The summed E-state index contributed by atoms with van der Waals surface area (Å²) in [5.74, 6) is 0.0483. The lowest BCUT2D eigenvalue weighted by Crippen LogP contribution is -2.21. The smallest absolute Gasteiger partial charge is 0.411 e. The number of ether oxygens (including phenoxy) is 1. The van der Waals surface area contributed by atoms with Crippen LogP contribution in [0, 0.1) is 0 Å². The topological polar surface area (TPSA) is 61.8 Å². The van der Waals surface area contributed by atoms with Crippen LogP contribution >= 0.6 is 0 Å². The summed E-state index contributed by atoms with van der Waals surface area (Å²) < 4.78 is 5.59. The number of aliphatic hydroxyl groups excluding tert-OH is 1. The number of fused-ring (bicyclic) bond motifs is 3. The van der Waals surface area contributed by atoms with Crippen LogP contribution in [0.1, 0.15) is 23.5 Å². The van der Waals surface area contributed by atoms with Gasteiger partial charge in [-0.3, -0.25) is 5.32 Å². The molecule has 5 rings (SSSR count). The highest BCUT2D eigenvalue weighted by Gasteiger charge is 2.29. The van der Waals surface area contributed by atoms with E-state index >= 15 is 0 Å². The van der Waals surface area contributed by atoms with Gasteiger partial charge in [0.25, 0.3) is 0 Å². The Kier molecular flexibility index (Phi) is 4.89. The molecule has 1 fully saturated rings. The number of carbonyl (C=O) groups is 1. The van der Waals surface area contributed by atoms with Gasteiger partial charge in [-0.2, -0.15) is 0 Å². The second-order valence-corrected chi connectivity index (χ2v) is 7.89. The van der Waals surface area contributed by atoms with Crippen LogP contribution in [0.15, 0.2) is 72.8 Å². The van der Waals surface area contributed by atoms with E-state index in [-0.39, 0.29) is 12.0 Å². The standard InChI is InChI=1S/C25H24N2O3/c28-19-13-14-27(15-19)18-11-9-17(10-12-18)26-25(29)30-16-24-22-7-3-1-5-20(22)21-6-2-4-8-23(21)24/h1-12,19,24,28H,13-16H2,(H,26,29)/t19-/m0/s1. The number of hydrogen-bond acceptors (Lipinski definition) is 4. The van der Waals surface area contributed by atoms with Gasteiger partial charge >= 0.3 is 6.09 Å². The maximum atomic E-state index is 12.4. The Bertz CT molecular complexity index is 1020. The van der Waals surface area contributed by atoms with Gasteiger partial charge < -0.3 is 14.7 Å². The van der Waals surface area contributed by atoms with Crippen LogP contribution in [0.3, 0.4) is 0 Å². The molecule has 0 aromatic heterocycles. The van der Waals surface area contributed by atoms with Crippen molar-refractivity contribution in [3.05, 3.63) is 83.9 Å². The van der Waals surface area contributed by atoms with Crippen LogP contribution in [0.2, 0.25) is 0 Å². The minimum absolute atomic E-state index is 0.0483. The Balaban J connectivity index is 1.23. The fourth-order valence-electron chi connectivity index (χ4n) is 4.48. The lowest BCUT2D eigenvalue weighted by Gasteiger charge is -2.18. The van der Waals surface area contributed by atoms with Crippen molar-refractivity contribution < 1.29 is 14.6 Å². The van der Waals surface area contributed by atoms with Crippen molar-refractivity contribution in [3.63, 3.8) is 0 Å². The lowest BCUT2D eigenvalue weighted by molar-refractivity contribution is 0.158. The van der Waals surface area contributed by atoms with E-state index in [1.54, 1.807) is 0 Å². The quantitative estimate of drug-likeness (QED) is 0.671. The zero-order chi connectivity index (χ0) is 20.5. The normalized spacial score (nSPS) is 17.5. The van der Waals surface area contributed by atoms with Crippen LogP contribution in [-0.2, 0) is 4.74 Å². The molecule has 0 spiro atoms. The Hall–Kier alpha value is -3.31. The van der Waals surface area contributed by atoms with E-state index in [4.69, 9.17) is 4.74 Å². The summed E-state index contributed by atoms with van der Waals surface area (Å²) in [7, 11) is 0. The van der Waals surface area contributed by atoms with Gasteiger partial charge in [0.05, 0.1) is 6.10 Å². The van der Waals surface area contributed by atoms with Crippen molar-refractivity contribution in [2.45, 2.75) is 18.4 Å². The van der Waals surface area contributed by atoms with Gasteiger partial charge in [-0.25, -0.2) is 4.79 Å². The molecule has 2 N–H and O–H groups in total. The number of β-amino-alcohol motifs (C(OH)–C–C–N with tert-alkyl or cyclic N) is 1. The predicted molar refractivity (Wildman–Crippen MR) is 118 cm³/mol. The number of rotatable bonds is 4. The molecule has 1 heterocycles. The van der Waals surface area contributed by atoms with Gasteiger partial charge in [0.15, 0.2) is 0 Å². The summed E-state index contributed by atoms with van der Waals surface area (Å²) >= 11 is 0. The highest BCUT2D eigenvalue weighted by molar-refractivity contribution is 5.85. The molecule has 30 heavy (non-hydrogen) atoms. The van der Waals surface area contributed by atoms with E-state index in [0.717, 1.165) is 18.7 Å². The van der Waals surface area contributed by atoms with Crippen molar-refractivity contribution in [1.82, 2.24) is 0 Å². The Morgan fingerprint density at radius 2 is 1.60 bits per heavy atom. The zero-order valence-electron chi connectivity index (χ0n) is 16.6. The first-order valence-electron chi connectivity index (χ1n) is 10.3. The number of nitrogens with one attached hydrogen (secondary N) is 1. The van der Waals surface area contributed by atoms with E-state index < -0.39 is 6.09 Å². The second kappa shape index (κ2) is 7.84. The lowest BCUT2D eigenvalue weighted by atomic mass is 9.98. The van der Waals surface area contributed by atoms with Crippen LogP contribution in [0.4, 0.5) is 16.2 Å². The maximum absolute atomic E-state index is 12.4. The molecule has 2 aliphatic rings. The minimum Gasteiger partial charge on any atom is -0.448 e. The van der Waals surface area contributed by atoms with E-state index in [0.29, 0.717) is 18.8 Å². The van der Waals surface area contributed by atoms with Gasteiger partial charge in [0.1, 0.15) is 6.61 Å². The van der Waals surface area contributed by atoms with Crippen LogP contribution in [0.25, 0.3) is 11.1 Å². The number of nitrogens with zero attached hydrogens (tertiary/aromatic N) is 1. The SMILES string of the molecule is O=C(Nc1ccc(N2CC[C@H](O)C2)cc1)OCC1c2ccccc2-c2ccccc21. The van der Waals surface area contributed by atoms with Crippen LogP contribution in [-0.4, -0.2) is 37.0 Å². The Labute approximate surface area is 175 Å². The third-order valence-corrected chi connectivity index (χ3v) is 5.99. The van der Waals surface area contributed by atoms with Crippen molar-refractivity contribution in [2.75, 3.05) is 29.9 Å². The molecule has 1 saturated heterocycles. The van der Waals surface area contributed by atoms with Gasteiger partial charge in [-0.15, -0.1) is 0 Å². The number of amides is 1. The molecule has 0 unspecified atom stereocenters. The molecular weight excluding hydrogens is 376 g/mol. The highest BCUT2D eigenvalue weighted by atomic mass is 16.5. The molecule has 1 amide bonds. The Morgan fingerprint density at radius 3 is 2.20 bits per heavy atom. The molecule has 5 heteroatoms. The molecule has 5 nitrogen and oxygen atoms in total. The van der Waals surface area contributed by atoms with E-state index in [2.05, 4.69) is 34.5 Å². The van der Waals surface area contributed by atoms with Crippen LogP contribution in [0.5, 0.6) is 0 Å². The molecule has 1 aliphatic heterocycles. The molecule has 1 aliphatic carbocycles. The number of anilines is 2. The van der Waals surface area contributed by atoms with Gasteiger partial charge in [0, 0.05) is 30.4 Å². The molecule has 3 aromatic carbocycles. The molecule has 1 atom stereocenters.